The number of β-lactam (4-membered cyclic amide) rings is 1. The first-order valence-corrected chi connectivity index (χ1v) is 14.0. The van der Waals surface area contributed by atoms with Gasteiger partial charge in [-0.25, -0.2) is 9.78 Å². The van der Waals surface area contributed by atoms with Crippen molar-refractivity contribution in [3.63, 3.8) is 0 Å². The van der Waals surface area contributed by atoms with E-state index in [-0.39, 0.29) is 47.3 Å². The Morgan fingerprint density at radius 3 is 2.51 bits per heavy atom. The van der Waals surface area contributed by atoms with Gasteiger partial charge in [0.05, 0.1) is 36.3 Å². The van der Waals surface area contributed by atoms with Gasteiger partial charge in [-0.15, -0.1) is 23.1 Å². The maximum Gasteiger partial charge on any atom is 0.353 e. The number of thiazole rings is 1. The van der Waals surface area contributed by atoms with Crippen LogP contribution in [0.2, 0.25) is 0 Å². The quantitative estimate of drug-likeness (QED) is 0.257. The molecule has 5 rings (SSSR count). The third kappa shape index (κ3) is 5.75. The van der Waals surface area contributed by atoms with Gasteiger partial charge in [-0.2, -0.15) is 0 Å². The van der Waals surface area contributed by atoms with Crippen LogP contribution < -0.4 is 10.6 Å². The number of benzene rings is 1. The first kappa shape index (κ1) is 26.7. The summed E-state index contributed by atoms with van der Waals surface area (Å²) < 4.78 is 0. The Morgan fingerprint density at radius 1 is 1.03 bits per heavy atom. The molecule has 3 N–H and O–H groups in total. The summed E-state index contributed by atoms with van der Waals surface area (Å²) in [5, 5.41) is 16.2. The fourth-order valence-electron chi connectivity index (χ4n) is 4.12. The van der Waals surface area contributed by atoms with Gasteiger partial charge in [0.25, 0.3) is 5.91 Å². The number of nitrogens with one attached hydrogen (secondary N) is 2. The van der Waals surface area contributed by atoms with Gasteiger partial charge in [0.2, 0.25) is 11.8 Å². The van der Waals surface area contributed by atoms with Gasteiger partial charge in [-0.3, -0.25) is 24.3 Å². The number of aliphatic carboxylic acids is 1. The number of carbonyl (C=O) groups excluding carboxylic acids is 3. The monoisotopic (exact) mass is 579 g/mol. The summed E-state index contributed by atoms with van der Waals surface area (Å²) in [6.07, 6.45) is 1.69. The number of pyridine rings is 1. The Hall–Kier alpha value is -3.94. The molecule has 39 heavy (non-hydrogen) atoms. The van der Waals surface area contributed by atoms with Gasteiger partial charge in [-0.05, 0) is 17.7 Å². The fraction of sp³-hybridized carbons (Fsp3) is 0.192. The molecule has 0 aliphatic carbocycles. The van der Waals surface area contributed by atoms with E-state index in [4.69, 9.17) is 12.2 Å². The van der Waals surface area contributed by atoms with Crippen LogP contribution in [0.5, 0.6) is 0 Å². The molecule has 10 nitrogen and oxygen atoms in total. The van der Waals surface area contributed by atoms with Crippen LogP contribution in [-0.2, 0) is 38.6 Å². The number of amides is 3. The first-order valence-electron chi connectivity index (χ1n) is 11.8. The molecule has 0 spiro atoms. The molecule has 1 fully saturated rings. The van der Waals surface area contributed by atoms with Gasteiger partial charge in [0.1, 0.15) is 26.3 Å². The zero-order valence-corrected chi connectivity index (χ0v) is 22.6. The van der Waals surface area contributed by atoms with E-state index >= 15 is 0 Å². The summed E-state index contributed by atoms with van der Waals surface area (Å²) in [6.45, 7) is 0.259. The Bertz CT molecular complexity index is 1490. The van der Waals surface area contributed by atoms with Crippen molar-refractivity contribution in [1.29, 1.82) is 0 Å². The first-order chi connectivity index (χ1) is 18.8. The Kier molecular flexibility index (Phi) is 7.82. The number of thioether (sulfide) groups is 1. The molecule has 13 heteroatoms. The van der Waals surface area contributed by atoms with E-state index in [1.165, 1.54) is 11.8 Å². The second kappa shape index (κ2) is 11.4. The minimum Gasteiger partial charge on any atom is -0.477 e. The third-order valence-electron chi connectivity index (χ3n) is 5.93. The number of carbonyl (C=O) groups is 4. The van der Waals surface area contributed by atoms with Crippen molar-refractivity contribution in [2.45, 2.75) is 30.1 Å². The van der Waals surface area contributed by atoms with Crippen molar-refractivity contribution in [3.8, 4) is 0 Å². The standard InChI is InChI=1S/C26H21N5O5S3/c32-17(28-12-15-8-4-5-9-27-15)11-16-13-38-22(29-16)19-20(26(35)36)31-24(34)21(37)25(31)39-23(19)30-18(33)10-14-6-2-1-3-7-14/h1-9,13,23,25H,10-12H2,(H,28,32)(H,30,33)(H,35,36)/t23?,25-/m0/s1. The molecule has 198 valence electrons. The number of carboxylic acid groups (broad SMARTS) is 1. The van der Waals surface area contributed by atoms with Crippen molar-refractivity contribution in [3.05, 3.63) is 87.8 Å². The lowest BCUT2D eigenvalue weighted by Gasteiger charge is -2.46. The van der Waals surface area contributed by atoms with Gasteiger partial charge in [0.15, 0.2) is 0 Å². The minimum absolute atomic E-state index is 0.0352. The van der Waals surface area contributed by atoms with Crippen molar-refractivity contribution >= 4 is 69.4 Å². The predicted octanol–water partition coefficient (Wildman–Crippen LogP) is 2.16. The average molecular weight is 580 g/mol. The second-order valence-electron chi connectivity index (χ2n) is 8.62. The smallest absolute Gasteiger partial charge is 0.353 e. The summed E-state index contributed by atoms with van der Waals surface area (Å²) in [7, 11) is 0. The topological polar surface area (TPSA) is 142 Å². The molecule has 1 unspecified atom stereocenters. The highest BCUT2D eigenvalue weighted by Crippen LogP contribution is 2.46. The zero-order chi connectivity index (χ0) is 27.5. The van der Waals surface area contributed by atoms with Gasteiger partial charge in [0, 0.05) is 11.6 Å². The van der Waals surface area contributed by atoms with Crippen LogP contribution in [0, 0.1) is 0 Å². The molecule has 3 amide bonds. The summed E-state index contributed by atoms with van der Waals surface area (Å²) in [4.78, 5) is 60.3. The van der Waals surface area contributed by atoms with Crippen LogP contribution in [0.3, 0.4) is 0 Å². The number of aromatic nitrogens is 2. The van der Waals surface area contributed by atoms with E-state index < -0.39 is 22.6 Å². The molecule has 0 radical (unpaired) electrons. The summed E-state index contributed by atoms with van der Waals surface area (Å²) >= 11 is 7.49. The van der Waals surface area contributed by atoms with Gasteiger partial charge >= 0.3 is 5.97 Å². The SMILES string of the molecule is O=C(Cc1csc(C2=C(C(=O)O)N3C(=O)C(=S)[C@@H]3SC2NC(=O)Cc2ccccc2)n1)NCc1ccccn1. The number of hydrogen-bond donors (Lipinski definition) is 3. The fourth-order valence-corrected chi connectivity index (χ4v) is 6.83. The molecule has 4 heterocycles. The lowest BCUT2D eigenvalue weighted by molar-refractivity contribution is -0.138. The molecule has 2 atom stereocenters. The molecule has 2 aromatic heterocycles. The number of thiocarbonyl (C=S) groups is 1. The summed E-state index contributed by atoms with van der Waals surface area (Å²) in [5.41, 5.74) is 1.84. The molecule has 1 saturated heterocycles. The predicted molar refractivity (Wildman–Crippen MR) is 149 cm³/mol. The molecule has 0 bridgehead atoms. The van der Waals surface area contributed by atoms with Crippen LogP contribution in [0.4, 0.5) is 0 Å². The highest BCUT2D eigenvalue weighted by molar-refractivity contribution is 8.03. The van der Waals surface area contributed by atoms with Crippen LogP contribution in [-0.4, -0.2) is 59.3 Å². The molecule has 1 aromatic carbocycles. The largest absolute Gasteiger partial charge is 0.477 e. The molecule has 2 aliphatic rings. The van der Waals surface area contributed by atoms with E-state index in [0.717, 1.165) is 21.8 Å². The maximum absolute atomic E-state index is 12.9. The molecule has 3 aromatic rings. The van der Waals surface area contributed by atoms with Crippen molar-refractivity contribution in [1.82, 2.24) is 25.5 Å². The lowest BCUT2D eigenvalue weighted by atomic mass is 10.1. The van der Waals surface area contributed by atoms with Gasteiger partial charge < -0.3 is 15.7 Å². The van der Waals surface area contributed by atoms with Crippen molar-refractivity contribution in [2.75, 3.05) is 0 Å². The number of carboxylic acids is 1. The van der Waals surface area contributed by atoms with Crippen molar-refractivity contribution < 1.29 is 24.3 Å². The lowest BCUT2D eigenvalue weighted by Crippen LogP contribution is -2.63. The zero-order valence-electron chi connectivity index (χ0n) is 20.2. The second-order valence-corrected chi connectivity index (χ2v) is 11.1. The minimum atomic E-state index is -1.33. The number of hydrogen-bond acceptors (Lipinski definition) is 9. The van der Waals surface area contributed by atoms with Crippen molar-refractivity contribution in [2.24, 2.45) is 0 Å². The Balaban J connectivity index is 1.39. The molecule has 2 aliphatic heterocycles. The van der Waals surface area contributed by atoms with Crippen LogP contribution >= 0.6 is 35.3 Å². The third-order valence-corrected chi connectivity index (χ3v) is 8.73. The highest BCUT2D eigenvalue weighted by Gasteiger charge is 2.53. The molecule has 0 saturated carbocycles. The molecular weight excluding hydrogens is 559 g/mol. The van der Waals surface area contributed by atoms with E-state index in [1.807, 2.05) is 36.4 Å². The summed E-state index contributed by atoms with van der Waals surface area (Å²) in [5.74, 6) is -2.49. The number of rotatable bonds is 9. The van der Waals surface area contributed by atoms with E-state index in [2.05, 4.69) is 20.6 Å². The maximum atomic E-state index is 12.9. The normalized spacial score (nSPS) is 18.3. The van der Waals surface area contributed by atoms with E-state index in [9.17, 15) is 24.3 Å². The number of fused-ring (bicyclic) bond motifs is 1. The number of nitrogens with zero attached hydrogens (tertiary/aromatic N) is 3. The Morgan fingerprint density at radius 2 is 1.79 bits per heavy atom. The average Bonchev–Trinajstić information content (AvgIpc) is 3.39. The van der Waals surface area contributed by atoms with E-state index in [1.54, 1.807) is 23.7 Å². The van der Waals surface area contributed by atoms with E-state index in [0.29, 0.717) is 16.4 Å². The van der Waals surface area contributed by atoms with Crippen LogP contribution in [0.25, 0.3) is 5.57 Å². The van der Waals surface area contributed by atoms with Gasteiger partial charge in [-0.1, -0.05) is 48.6 Å². The highest BCUT2D eigenvalue weighted by atomic mass is 32.2. The summed E-state index contributed by atoms with van der Waals surface area (Å²) in [6, 6.07) is 14.5. The van der Waals surface area contributed by atoms with Crippen LogP contribution in [0.15, 0.2) is 65.8 Å². The Labute approximate surface area is 236 Å². The van der Waals surface area contributed by atoms with Crippen LogP contribution in [0.1, 0.15) is 22.0 Å². The molecular formula is C26H21N5O5S3.